The summed E-state index contributed by atoms with van der Waals surface area (Å²) >= 11 is 3.36. The Morgan fingerprint density at radius 3 is 2.86 bits per heavy atom. The third kappa shape index (κ3) is 2.83. The minimum atomic E-state index is -0.130. The third-order valence-corrected chi connectivity index (χ3v) is 3.69. The topological polar surface area (TPSA) is 35.5 Å². The van der Waals surface area contributed by atoms with Gasteiger partial charge in [-0.25, -0.2) is 0 Å². The van der Waals surface area contributed by atoms with Gasteiger partial charge in [0.15, 0.2) is 5.76 Å². The second-order valence-corrected chi connectivity index (χ2v) is 5.63. The summed E-state index contributed by atoms with van der Waals surface area (Å²) in [4.78, 5) is 12.4. The van der Waals surface area contributed by atoms with Gasteiger partial charge in [0.25, 0.3) is 0 Å². The molecule has 0 aromatic heterocycles. The van der Waals surface area contributed by atoms with Crippen LogP contribution in [0.25, 0.3) is 6.08 Å². The van der Waals surface area contributed by atoms with E-state index in [4.69, 9.17) is 9.47 Å². The molecular weight excluding hydrogens is 344 g/mol. The van der Waals surface area contributed by atoms with E-state index in [0.29, 0.717) is 29.4 Å². The summed E-state index contributed by atoms with van der Waals surface area (Å²) in [5, 5.41) is 0. The summed E-state index contributed by atoms with van der Waals surface area (Å²) in [6.45, 7) is 4.04. The Hall–Kier alpha value is -2.33. The van der Waals surface area contributed by atoms with Gasteiger partial charge in [0, 0.05) is 10.0 Å². The van der Waals surface area contributed by atoms with Crippen LogP contribution in [0.4, 0.5) is 0 Å². The summed E-state index contributed by atoms with van der Waals surface area (Å²) in [6, 6.07) is 12.9. The molecule has 1 heterocycles. The van der Waals surface area contributed by atoms with Crippen molar-refractivity contribution in [3.63, 3.8) is 0 Å². The lowest BCUT2D eigenvalue weighted by molar-refractivity contribution is 0.101. The second kappa shape index (κ2) is 6.20. The summed E-state index contributed by atoms with van der Waals surface area (Å²) in [5.74, 6) is 1.42. The number of halogens is 1. The van der Waals surface area contributed by atoms with E-state index in [1.165, 1.54) is 0 Å². The lowest BCUT2D eigenvalue weighted by atomic mass is 10.1. The molecule has 3 rings (SSSR count). The van der Waals surface area contributed by atoms with E-state index >= 15 is 0 Å². The zero-order chi connectivity index (χ0) is 15.5. The molecular formula is C18H13BrO3. The Morgan fingerprint density at radius 1 is 1.23 bits per heavy atom. The molecule has 0 saturated heterocycles. The van der Waals surface area contributed by atoms with Crippen LogP contribution in [0, 0.1) is 0 Å². The van der Waals surface area contributed by atoms with Gasteiger partial charge in [-0.1, -0.05) is 46.8 Å². The van der Waals surface area contributed by atoms with Crippen LogP contribution in [-0.2, 0) is 0 Å². The van der Waals surface area contributed by atoms with E-state index in [2.05, 4.69) is 22.5 Å². The zero-order valence-electron chi connectivity index (χ0n) is 11.7. The van der Waals surface area contributed by atoms with Crippen LogP contribution < -0.4 is 9.47 Å². The number of benzene rings is 2. The molecule has 1 aliphatic rings. The van der Waals surface area contributed by atoms with E-state index in [1.54, 1.807) is 24.3 Å². The first-order chi connectivity index (χ1) is 10.7. The first-order valence-corrected chi connectivity index (χ1v) is 7.55. The Kier molecular flexibility index (Phi) is 4.11. The van der Waals surface area contributed by atoms with Crippen molar-refractivity contribution >= 4 is 27.8 Å². The average molecular weight is 357 g/mol. The molecule has 0 spiro atoms. The normalized spacial score (nSPS) is 14.6. The average Bonchev–Trinajstić information content (AvgIpc) is 2.83. The molecule has 3 nitrogen and oxygen atoms in total. The quantitative estimate of drug-likeness (QED) is 0.591. The van der Waals surface area contributed by atoms with Crippen molar-refractivity contribution in [3.05, 3.63) is 76.5 Å². The van der Waals surface area contributed by atoms with Crippen molar-refractivity contribution in [2.75, 3.05) is 6.61 Å². The SMILES string of the molecule is C=CCOc1ccccc1/C=C1\Oc2ccc(Br)cc2C1=O. The number of allylic oxidation sites excluding steroid dienone is 1. The van der Waals surface area contributed by atoms with Gasteiger partial charge in [0.2, 0.25) is 5.78 Å². The highest BCUT2D eigenvalue weighted by atomic mass is 79.9. The van der Waals surface area contributed by atoms with Crippen LogP contribution in [-0.4, -0.2) is 12.4 Å². The van der Waals surface area contributed by atoms with Gasteiger partial charge in [-0.3, -0.25) is 4.79 Å². The number of ketones is 1. The smallest absolute Gasteiger partial charge is 0.232 e. The van der Waals surface area contributed by atoms with Gasteiger partial charge >= 0.3 is 0 Å². The van der Waals surface area contributed by atoms with Gasteiger partial charge in [-0.2, -0.15) is 0 Å². The lowest BCUT2D eigenvalue weighted by Crippen LogP contribution is -2.00. The number of fused-ring (bicyclic) bond motifs is 1. The number of rotatable bonds is 4. The Labute approximate surface area is 137 Å². The third-order valence-electron chi connectivity index (χ3n) is 3.19. The molecule has 0 atom stereocenters. The highest BCUT2D eigenvalue weighted by molar-refractivity contribution is 9.10. The van der Waals surface area contributed by atoms with Gasteiger partial charge in [0.1, 0.15) is 18.1 Å². The number of hydrogen-bond acceptors (Lipinski definition) is 3. The molecule has 0 radical (unpaired) electrons. The van der Waals surface area contributed by atoms with Crippen molar-refractivity contribution in [2.45, 2.75) is 0 Å². The molecule has 4 heteroatoms. The fourth-order valence-electron chi connectivity index (χ4n) is 2.18. The first-order valence-electron chi connectivity index (χ1n) is 6.75. The minimum absolute atomic E-state index is 0.130. The highest BCUT2D eigenvalue weighted by Gasteiger charge is 2.27. The van der Waals surface area contributed by atoms with Crippen LogP contribution in [0.3, 0.4) is 0 Å². The molecule has 0 N–H and O–H groups in total. The van der Waals surface area contributed by atoms with Crippen LogP contribution in [0.2, 0.25) is 0 Å². The van der Waals surface area contributed by atoms with E-state index in [1.807, 2.05) is 30.3 Å². The Morgan fingerprint density at radius 2 is 2.05 bits per heavy atom. The van der Waals surface area contributed by atoms with E-state index < -0.39 is 0 Å². The number of ether oxygens (including phenoxy) is 2. The Balaban J connectivity index is 1.95. The zero-order valence-corrected chi connectivity index (χ0v) is 13.3. The Bertz CT molecular complexity index is 778. The second-order valence-electron chi connectivity index (χ2n) is 4.72. The fourth-order valence-corrected chi connectivity index (χ4v) is 2.54. The summed E-state index contributed by atoms with van der Waals surface area (Å²) in [7, 11) is 0. The maximum atomic E-state index is 12.4. The van der Waals surface area contributed by atoms with E-state index in [-0.39, 0.29) is 5.78 Å². The maximum absolute atomic E-state index is 12.4. The molecule has 0 unspecified atom stereocenters. The van der Waals surface area contributed by atoms with Gasteiger partial charge in [-0.05, 0) is 30.3 Å². The standard InChI is InChI=1S/C18H13BrO3/c1-2-9-21-15-6-4-3-5-12(15)10-17-18(20)14-11-13(19)7-8-16(14)22-17/h2-8,10-11H,1,9H2/b17-10-. The number of hydrogen-bond donors (Lipinski definition) is 0. The molecule has 2 aromatic rings. The summed E-state index contributed by atoms with van der Waals surface area (Å²) < 4.78 is 12.1. The molecule has 2 aromatic carbocycles. The maximum Gasteiger partial charge on any atom is 0.232 e. The molecule has 0 amide bonds. The minimum Gasteiger partial charge on any atom is -0.489 e. The highest BCUT2D eigenvalue weighted by Crippen LogP contribution is 2.34. The van der Waals surface area contributed by atoms with Crippen molar-refractivity contribution in [2.24, 2.45) is 0 Å². The fraction of sp³-hybridized carbons (Fsp3) is 0.0556. The predicted octanol–water partition coefficient (Wildman–Crippen LogP) is 4.63. The number of para-hydroxylation sites is 1. The molecule has 0 fully saturated rings. The number of Topliss-reactive ketones (excluding diaryl/α,β-unsaturated/α-hetero) is 1. The molecule has 0 aliphatic carbocycles. The van der Waals surface area contributed by atoms with Gasteiger partial charge in [0.05, 0.1) is 5.56 Å². The molecule has 1 aliphatic heterocycles. The molecule has 110 valence electrons. The van der Waals surface area contributed by atoms with Crippen molar-refractivity contribution < 1.29 is 14.3 Å². The van der Waals surface area contributed by atoms with Crippen molar-refractivity contribution in [1.29, 1.82) is 0 Å². The monoisotopic (exact) mass is 356 g/mol. The van der Waals surface area contributed by atoms with Gasteiger partial charge < -0.3 is 9.47 Å². The lowest BCUT2D eigenvalue weighted by Gasteiger charge is -2.07. The largest absolute Gasteiger partial charge is 0.489 e. The van der Waals surface area contributed by atoms with E-state index in [9.17, 15) is 4.79 Å². The van der Waals surface area contributed by atoms with Crippen LogP contribution >= 0.6 is 15.9 Å². The van der Waals surface area contributed by atoms with E-state index in [0.717, 1.165) is 10.0 Å². The van der Waals surface area contributed by atoms with Crippen molar-refractivity contribution in [3.8, 4) is 11.5 Å². The van der Waals surface area contributed by atoms with Gasteiger partial charge in [-0.15, -0.1) is 0 Å². The molecule has 0 saturated carbocycles. The molecule has 22 heavy (non-hydrogen) atoms. The summed E-state index contributed by atoms with van der Waals surface area (Å²) in [5.41, 5.74) is 1.35. The number of carbonyl (C=O) groups is 1. The van der Waals surface area contributed by atoms with Crippen LogP contribution in [0.5, 0.6) is 11.5 Å². The summed E-state index contributed by atoms with van der Waals surface area (Å²) in [6.07, 6.45) is 3.38. The number of carbonyl (C=O) groups excluding carboxylic acids is 1. The van der Waals surface area contributed by atoms with Crippen LogP contribution in [0.15, 0.2) is 65.4 Å². The molecule has 0 bridgehead atoms. The predicted molar refractivity (Wildman–Crippen MR) is 89.2 cm³/mol. The van der Waals surface area contributed by atoms with Crippen molar-refractivity contribution in [1.82, 2.24) is 0 Å². The first kappa shape index (κ1) is 14.6. The van der Waals surface area contributed by atoms with Crippen LogP contribution in [0.1, 0.15) is 15.9 Å².